The van der Waals surface area contributed by atoms with E-state index in [1.807, 2.05) is 19.9 Å². The summed E-state index contributed by atoms with van der Waals surface area (Å²) in [6.07, 6.45) is 1.49. The van der Waals surface area contributed by atoms with Gasteiger partial charge in [-0.2, -0.15) is 5.26 Å². The second-order valence-electron chi connectivity index (χ2n) is 3.72. The Bertz CT molecular complexity index is 187. The van der Waals surface area contributed by atoms with Crippen LogP contribution in [0.5, 0.6) is 0 Å². The van der Waals surface area contributed by atoms with Crippen molar-refractivity contribution in [3.05, 3.63) is 0 Å². The molecule has 2 atom stereocenters. The zero-order valence-corrected chi connectivity index (χ0v) is 7.58. The van der Waals surface area contributed by atoms with Gasteiger partial charge in [-0.1, -0.05) is 0 Å². The van der Waals surface area contributed by atoms with Gasteiger partial charge in [0.05, 0.1) is 30.3 Å². The number of rotatable bonds is 1. The minimum absolute atomic E-state index is 0.0621. The van der Waals surface area contributed by atoms with E-state index >= 15 is 0 Å². The molecular formula is C9H15NO2. The van der Waals surface area contributed by atoms with E-state index in [0.717, 1.165) is 0 Å². The first-order valence-corrected chi connectivity index (χ1v) is 4.30. The number of nitriles is 1. The lowest BCUT2D eigenvalue weighted by atomic mass is 9.85. The third kappa shape index (κ3) is 2.20. The van der Waals surface area contributed by atoms with E-state index in [2.05, 4.69) is 0 Å². The van der Waals surface area contributed by atoms with E-state index in [0.29, 0.717) is 12.8 Å². The van der Waals surface area contributed by atoms with Crippen LogP contribution >= 0.6 is 0 Å². The van der Waals surface area contributed by atoms with Gasteiger partial charge >= 0.3 is 0 Å². The topological polar surface area (TPSA) is 53.2 Å². The van der Waals surface area contributed by atoms with Crippen molar-refractivity contribution in [3.63, 3.8) is 0 Å². The molecule has 0 spiro atoms. The lowest BCUT2D eigenvalue weighted by Crippen LogP contribution is -2.43. The molecule has 1 aliphatic heterocycles. The largest absolute Gasteiger partial charge is 0.389 e. The highest BCUT2D eigenvalue weighted by Gasteiger charge is 2.36. The highest BCUT2D eigenvalue weighted by atomic mass is 16.5. The Kier molecular flexibility index (Phi) is 2.71. The molecule has 0 amide bonds. The molecule has 0 saturated carbocycles. The van der Waals surface area contributed by atoms with Crippen LogP contribution < -0.4 is 0 Å². The number of nitrogens with zero attached hydrogens (tertiary/aromatic N) is 1. The fraction of sp³-hybridized carbons (Fsp3) is 0.889. The normalized spacial score (nSPS) is 42.2. The van der Waals surface area contributed by atoms with Gasteiger partial charge in [-0.25, -0.2) is 0 Å². The average molecular weight is 169 g/mol. The Morgan fingerprint density at radius 1 is 1.50 bits per heavy atom. The number of hydrogen-bond donors (Lipinski definition) is 1. The van der Waals surface area contributed by atoms with Crippen LogP contribution in [0.1, 0.15) is 33.1 Å². The van der Waals surface area contributed by atoms with Crippen molar-refractivity contribution in [2.45, 2.75) is 50.9 Å². The van der Waals surface area contributed by atoms with Gasteiger partial charge in [0.25, 0.3) is 0 Å². The average Bonchev–Trinajstić information content (AvgIpc) is 1.82. The summed E-state index contributed by atoms with van der Waals surface area (Å²) in [6.45, 7) is 3.86. The lowest BCUT2D eigenvalue weighted by Gasteiger charge is -2.37. The first-order valence-electron chi connectivity index (χ1n) is 4.30. The predicted molar refractivity (Wildman–Crippen MR) is 44.4 cm³/mol. The van der Waals surface area contributed by atoms with Crippen LogP contribution in [0.25, 0.3) is 0 Å². The molecule has 0 aromatic carbocycles. The Morgan fingerprint density at radius 3 is 2.42 bits per heavy atom. The van der Waals surface area contributed by atoms with E-state index in [1.165, 1.54) is 0 Å². The second kappa shape index (κ2) is 3.42. The summed E-state index contributed by atoms with van der Waals surface area (Å²) >= 11 is 0. The van der Waals surface area contributed by atoms with Crippen LogP contribution in [0.3, 0.4) is 0 Å². The third-order valence-electron chi connectivity index (χ3n) is 2.21. The van der Waals surface area contributed by atoms with Gasteiger partial charge in [0.2, 0.25) is 0 Å². The minimum Gasteiger partial charge on any atom is -0.389 e. The molecule has 1 rings (SSSR count). The Labute approximate surface area is 73.0 Å². The summed E-state index contributed by atoms with van der Waals surface area (Å²) in [5, 5.41) is 18.4. The highest BCUT2D eigenvalue weighted by Crippen LogP contribution is 2.30. The van der Waals surface area contributed by atoms with Crippen LogP contribution in [0.15, 0.2) is 0 Å². The maximum Gasteiger partial charge on any atom is 0.0826 e. The molecule has 0 radical (unpaired) electrons. The van der Waals surface area contributed by atoms with E-state index in [4.69, 9.17) is 10.00 Å². The molecular weight excluding hydrogens is 154 g/mol. The maximum absolute atomic E-state index is 9.91. The lowest BCUT2D eigenvalue weighted by molar-refractivity contribution is -0.129. The zero-order chi connectivity index (χ0) is 9.19. The van der Waals surface area contributed by atoms with Crippen molar-refractivity contribution in [3.8, 4) is 6.07 Å². The van der Waals surface area contributed by atoms with Gasteiger partial charge in [-0.15, -0.1) is 0 Å². The van der Waals surface area contributed by atoms with Crippen molar-refractivity contribution in [2.24, 2.45) is 0 Å². The van der Waals surface area contributed by atoms with Crippen LogP contribution in [0.2, 0.25) is 0 Å². The van der Waals surface area contributed by atoms with E-state index in [-0.39, 0.29) is 18.6 Å². The molecule has 3 heteroatoms. The van der Waals surface area contributed by atoms with Crippen LogP contribution in [-0.4, -0.2) is 22.9 Å². The number of aliphatic hydroxyl groups is 1. The van der Waals surface area contributed by atoms with Crippen molar-refractivity contribution >= 4 is 0 Å². The van der Waals surface area contributed by atoms with Gasteiger partial charge in [0.1, 0.15) is 0 Å². The third-order valence-corrected chi connectivity index (χ3v) is 2.21. The quantitative estimate of drug-likeness (QED) is 0.642. The van der Waals surface area contributed by atoms with Crippen molar-refractivity contribution in [2.75, 3.05) is 0 Å². The molecule has 1 fully saturated rings. The summed E-state index contributed by atoms with van der Waals surface area (Å²) in [4.78, 5) is 0. The Morgan fingerprint density at radius 2 is 2.00 bits per heavy atom. The molecule has 0 bridgehead atoms. The Hall–Kier alpha value is -0.590. The molecule has 0 aliphatic carbocycles. The molecule has 0 aromatic rings. The number of ether oxygens (including phenoxy) is 1. The van der Waals surface area contributed by atoms with Gasteiger partial charge in [0.15, 0.2) is 0 Å². The van der Waals surface area contributed by atoms with Gasteiger partial charge in [0, 0.05) is 12.8 Å². The zero-order valence-electron chi connectivity index (χ0n) is 7.58. The van der Waals surface area contributed by atoms with Crippen LogP contribution in [0.4, 0.5) is 0 Å². The van der Waals surface area contributed by atoms with Gasteiger partial charge in [-0.05, 0) is 13.8 Å². The van der Waals surface area contributed by atoms with Crippen molar-refractivity contribution < 1.29 is 9.84 Å². The SMILES string of the molecule is CC1CC(O)(CC#N)CC(C)O1. The van der Waals surface area contributed by atoms with Crippen LogP contribution in [0, 0.1) is 11.3 Å². The van der Waals surface area contributed by atoms with Gasteiger partial charge < -0.3 is 9.84 Å². The van der Waals surface area contributed by atoms with E-state index in [9.17, 15) is 5.11 Å². The predicted octanol–water partition coefficient (Wildman–Crippen LogP) is 1.22. The Balaban J connectivity index is 2.59. The fourth-order valence-electron chi connectivity index (χ4n) is 1.94. The molecule has 0 aromatic heterocycles. The molecule has 1 heterocycles. The maximum atomic E-state index is 9.91. The first kappa shape index (κ1) is 9.50. The summed E-state index contributed by atoms with van der Waals surface area (Å²) in [5.41, 5.74) is -0.814. The van der Waals surface area contributed by atoms with Crippen molar-refractivity contribution in [1.29, 1.82) is 5.26 Å². The molecule has 3 nitrogen and oxygen atoms in total. The molecule has 1 saturated heterocycles. The first-order chi connectivity index (χ1) is 5.56. The smallest absolute Gasteiger partial charge is 0.0826 e. The van der Waals surface area contributed by atoms with E-state index < -0.39 is 5.60 Å². The molecule has 68 valence electrons. The summed E-state index contributed by atoms with van der Waals surface area (Å²) in [6, 6.07) is 2.01. The molecule has 1 N–H and O–H groups in total. The van der Waals surface area contributed by atoms with Gasteiger partial charge in [-0.3, -0.25) is 0 Å². The monoisotopic (exact) mass is 169 g/mol. The second-order valence-corrected chi connectivity index (χ2v) is 3.72. The van der Waals surface area contributed by atoms with E-state index in [1.54, 1.807) is 0 Å². The molecule has 2 unspecified atom stereocenters. The van der Waals surface area contributed by atoms with Crippen molar-refractivity contribution in [1.82, 2.24) is 0 Å². The summed E-state index contributed by atoms with van der Waals surface area (Å²) in [5.74, 6) is 0. The minimum atomic E-state index is -0.814. The van der Waals surface area contributed by atoms with Crippen LogP contribution in [-0.2, 0) is 4.74 Å². The summed E-state index contributed by atoms with van der Waals surface area (Å²) in [7, 11) is 0. The molecule has 12 heavy (non-hydrogen) atoms. The highest BCUT2D eigenvalue weighted by molar-refractivity contribution is 4.94. The number of hydrogen-bond acceptors (Lipinski definition) is 3. The molecule has 1 aliphatic rings. The summed E-state index contributed by atoms with van der Waals surface area (Å²) < 4.78 is 5.46. The standard InChI is InChI=1S/C9H15NO2/c1-7-5-9(11,3-4-10)6-8(2)12-7/h7-8,11H,3,5-6H2,1-2H3. The fourth-order valence-corrected chi connectivity index (χ4v) is 1.94.